The molecular weight excluding hydrogens is 156 g/mol. The topological polar surface area (TPSA) is 64.3 Å². The van der Waals surface area contributed by atoms with E-state index < -0.39 is 0 Å². The molecule has 3 N–H and O–H groups in total. The van der Waals surface area contributed by atoms with Crippen molar-refractivity contribution in [3.05, 3.63) is 0 Å². The summed E-state index contributed by atoms with van der Waals surface area (Å²) in [5.74, 6) is 0.618. The van der Waals surface area contributed by atoms with Gasteiger partial charge in [-0.3, -0.25) is 0 Å². The molecule has 0 spiro atoms. The van der Waals surface area contributed by atoms with E-state index in [0.717, 1.165) is 0 Å². The van der Waals surface area contributed by atoms with Crippen molar-refractivity contribution in [3.63, 3.8) is 0 Å². The van der Waals surface area contributed by atoms with Gasteiger partial charge in [-0.25, -0.2) is 4.79 Å². The third-order valence-electron chi connectivity index (χ3n) is 1.99. The van der Waals surface area contributed by atoms with Crippen LogP contribution in [0.4, 0.5) is 4.79 Å². The summed E-state index contributed by atoms with van der Waals surface area (Å²) in [6, 6.07) is 0.106. The summed E-state index contributed by atoms with van der Waals surface area (Å²) in [6.07, 6.45) is 2.03. The summed E-state index contributed by atoms with van der Waals surface area (Å²) < 4.78 is 4.69. The van der Waals surface area contributed by atoms with Crippen molar-refractivity contribution in [1.29, 1.82) is 0 Å². The first-order chi connectivity index (χ1) is 5.74. The molecule has 1 fully saturated rings. The van der Waals surface area contributed by atoms with Crippen molar-refractivity contribution < 1.29 is 9.53 Å². The fourth-order valence-electron chi connectivity index (χ4n) is 1.07. The Hall–Kier alpha value is -0.770. The van der Waals surface area contributed by atoms with Gasteiger partial charge in [-0.1, -0.05) is 0 Å². The normalized spacial score (nSPS) is 18.5. The summed E-state index contributed by atoms with van der Waals surface area (Å²) in [5, 5.41) is 2.62. The second kappa shape index (κ2) is 4.30. The van der Waals surface area contributed by atoms with Crippen LogP contribution >= 0.6 is 0 Å². The van der Waals surface area contributed by atoms with Gasteiger partial charge in [0.15, 0.2) is 0 Å². The van der Waals surface area contributed by atoms with Crippen LogP contribution in [0.25, 0.3) is 0 Å². The highest BCUT2D eigenvalue weighted by atomic mass is 16.5. The Morgan fingerprint density at radius 2 is 2.42 bits per heavy atom. The molecule has 4 heteroatoms. The number of carbonyl (C=O) groups excluding carboxylic acids is 1. The van der Waals surface area contributed by atoms with Gasteiger partial charge in [-0.2, -0.15) is 0 Å². The maximum absolute atomic E-state index is 10.8. The average molecular weight is 172 g/mol. The molecule has 12 heavy (non-hydrogen) atoms. The largest absolute Gasteiger partial charge is 0.450 e. The summed E-state index contributed by atoms with van der Waals surface area (Å²) in [4.78, 5) is 10.8. The van der Waals surface area contributed by atoms with Gasteiger partial charge in [0.05, 0.1) is 6.61 Å². The molecule has 1 atom stereocenters. The van der Waals surface area contributed by atoms with Crippen LogP contribution in [0.2, 0.25) is 0 Å². The lowest BCUT2D eigenvalue weighted by Crippen LogP contribution is -2.38. The molecule has 0 aromatic heterocycles. The fourth-order valence-corrected chi connectivity index (χ4v) is 1.07. The van der Waals surface area contributed by atoms with Gasteiger partial charge in [0.25, 0.3) is 0 Å². The average Bonchev–Trinajstić information content (AvgIpc) is 2.83. The minimum Gasteiger partial charge on any atom is -0.450 e. The molecule has 1 amide bonds. The van der Waals surface area contributed by atoms with E-state index in [1.54, 1.807) is 6.92 Å². The fraction of sp³-hybridized carbons (Fsp3) is 0.875. The lowest BCUT2D eigenvalue weighted by molar-refractivity contribution is 0.151. The van der Waals surface area contributed by atoms with E-state index in [1.165, 1.54) is 12.8 Å². The highest BCUT2D eigenvalue weighted by molar-refractivity contribution is 5.67. The maximum Gasteiger partial charge on any atom is 0.407 e. The van der Waals surface area contributed by atoms with Crippen LogP contribution in [0.3, 0.4) is 0 Å². The van der Waals surface area contributed by atoms with Crippen LogP contribution < -0.4 is 11.1 Å². The third-order valence-corrected chi connectivity index (χ3v) is 1.99. The second-order valence-electron chi connectivity index (χ2n) is 3.10. The smallest absolute Gasteiger partial charge is 0.407 e. The first-order valence-corrected chi connectivity index (χ1v) is 4.40. The zero-order chi connectivity index (χ0) is 8.97. The minimum atomic E-state index is -0.367. The molecule has 1 unspecified atom stereocenters. The van der Waals surface area contributed by atoms with Gasteiger partial charge in [0, 0.05) is 12.6 Å². The number of amides is 1. The zero-order valence-electron chi connectivity index (χ0n) is 7.38. The highest BCUT2D eigenvalue weighted by Crippen LogP contribution is 2.31. The van der Waals surface area contributed by atoms with Crippen LogP contribution in [0.1, 0.15) is 19.8 Å². The molecule has 0 heterocycles. The molecule has 4 nitrogen and oxygen atoms in total. The molecule has 0 radical (unpaired) electrons. The Labute approximate surface area is 72.5 Å². The molecule has 0 saturated heterocycles. The number of carbonyl (C=O) groups is 1. The Bertz CT molecular complexity index is 157. The van der Waals surface area contributed by atoms with Crippen molar-refractivity contribution >= 4 is 6.09 Å². The lowest BCUT2D eigenvalue weighted by Gasteiger charge is -2.10. The van der Waals surface area contributed by atoms with Crippen LogP contribution in [-0.4, -0.2) is 25.3 Å². The van der Waals surface area contributed by atoms with Crippen molar-refractivity contribution in [2.24, 2.45) is 11.7 Å². The maximum atomic E-state index is 10.8. The predicted molar refractivity (Wildman–Crippen MR) is 45.7 cm³/mol. The molecule has 0 aliphatic heterocycles. The van der Waals surface area contributed by atoms with Gasteiger partial charge in [-0.05, 0) is 25.7 Å². The van der Waals surface area contributed by atoms with Gasteiger partial charge < -0.3 is 15.8 Å². The monoisotopic (exact) mass is 172 g/mol. The van der Waals surface area contributed by atoms with E-state index in [2.05, 4.69) is 10.1 Å². The molecule has 0 aromatic rings. The number of hydrogen-bond donors (Lipinski definition) is 2. The van der Waals surface area contributed by atoms with E-state index in [4.69, 9.17) is 5.73 Å². The first kappa shape index (κ1) is 9.32. The van der Waals surface area contributed by atoms with Gasteiger partial charge >= 0.3 is 6.09 Å². The summed E-state index contributed by atoms with van der Waals surface area (Å²) >= 11 is 0. The number of rotatable bonds is 4. The minimum absolute atomic E-state index is 0.106. The Balaban J connectivity index is 2.03. The van der Waals surface area contributed by atoms with E-state index in [1.807, 2.05) is 0 Å². The van der Waals surface area contributed by atoms with Crippen molar-refractivity contribution in [2.75, 3.05) is 13.2 Å². The van der Waals surface area contributed by atoms with E-state index >= 15 is 0 Å². The third kappa shape index (κ3) is 3.09. The van der Waals surface area contributed by atoms with E-state index in [9.17, 15) is 4.79 Å². The molecule has 0 aromatic carbocycles. The quantitative estimate of drug-likeness (QED) is 0.648. The Kier molecular flexibility index (Phi) is 3.34. The molecule has 1 rings (SSSR count). The van der Waals surface area contributed by atoms with Crippen LogP contribution in [0, 0.1) is 5.92 Å². The molecule has 0 bridgehead atoms. The predicted octanol–water partition coefficient (Wildman–Crippen LogP) is 0.470. The zero-order valence-corrected chi connectivity index (χ0v) is 7.38. The number of alkyl carbamates (subject to hydrolysis) is 1. The lowest BCUT2D eigenvalue weighted by atomic mass is 10.2. The van der Waals surface area contributed by atoms with Crippen molar-refractivity contribution in [2.45, 2.75) is 25.8 Å². The molecule has 70 valence electrons. The Morgan fingerprint density at radius 1 is 1.75 bits per heavy atom. The second-order valence-corrected chi connectivity index (χ2v) is 3.10. The van der Waals surface area contributed by atoms with Crippen molar-refractivity contribution in [3.8, 4) is 0 Å². The summed E-state index contributed by atoms with van der Waals surface area (Å²) in [7, 11) is 0. The Morgan fingerprint density at radius 3 is 2.92 bits per heavy atom. The molecule has 1 aliphatic rings. The number of hydrogen-bond acceptors (Lipinski definition) is 3. The van der Waals surface area contributed by atoms with Crippen LogP contribution in [-0.2, 0) is 4.74 Å². The summed E-state index contributed by atoms with van der Waals surface area (Å²) in [6.45, 7) is 2.72. The van der Waals surface area contributed by atoms with E-state index in [0.29, 0.717) is 19.1 Å². The highest BCUT2D eigenvalue weighted by Gasteiger charge is 2.28. The van der Waals surface area contributed by atoms with Gasteiger partial charge in [0.1, 0.15) is 0 Å². The van der Waals surface area contributed by atoms with E-state index in [-0.39, 0.29) is 12.1 Å². The molecular formula is C8H16N2O2. The van der Waals surface area contributed by atoms with Crippen LogP contribution in [0.15, 0.2) is 0 Å². The standard InChI is InChI=1S/C8H16N2O2/c1-2-12-8(11)10-5-7(9)6-3-4-6/h6-7H,2-5,9H2,1H3,(H,10,11). The first-order valence-electron chi connectivity index (χ1n) is 4.40. The molecule has 1 aliphatic carbocycles. The number of ether oxygens (including phenoxy) is 1. The van der Waals surface area contributed by atoms with Gasteiger partial charge in [0.2, 0.25) is 0 Å². The van der Waals surface area contributed by atoms with Gasteiger partial charge in [-0.15, -0.1) is 0 Å². The number of nitrogens with two attached hydrogens (primary N) is 1. The summed E-state index contributed by atoms with van der Waals surface area (Å²) in [5.41, 5.74) is 5.75. The van der Waals surface area contributed by atoms with Crippen LogP contribution in [0.5, 0.6) is 0 Å². The SMILES string of the molecule is CCOC(=O)NCC(N)C1CC1. The molecule has 1 saturated carbocycles. The number of nitrogens with one attached hydrogen (secondary N) is 1. The van der Waals surface area contributed by atoms with Crippen molar-refractivity contribution in [1.82, 2.24) is 5.32 Å².